The van der Waals surface area contributed by atoms with Crippen LogP contribution in [0.25, 0.3) is 0 Å². The van der Waals surface area contributed by atoms with E-state index in [1.807, 2.05) is 173 Å². The Hall–Kier alpha value is -6.58. The largest absolute Gasteiger partial charge is 0.394 e. The van der Waals surface area contributed by atoms with E-state index in [0.29, 0.717) is 0 Å². The first-order valence-electron chi connectivity index (χ1n) is 25.8. The van der Waals surface area contributed by atoms with Crippen molar-refractivity contribution in [2.75, 3.05) is 13.2 Å². The predicted molar refractivity (Wildman–Crippen MR) is 411 cm³/mol. The minimum atomic E-state index is -0.125. The lowest BCUT2D eigenvalue weighted by Crippen LogP contribution is -1.85. The second-order valence-corrected chi connectivity index (χ2v) is 10.7. The van der Waals surface area contributed by atoms with Gasteiger partial charge in [0.1, 0.15) is 0 Å². The van der Waals surface area contributed by atoms with E-state index >= 15 is 0 Å². The Bertz CT molecular complexity index is 578. The summed E-state index contributed by atoms with van der Waals surface area (Å²) in [7, 11) is 0. The van der Waals surface area contributed by atoms with Crippen LogP contribution < -0.4 is 0 Å². The summed E-state index contributed by atoms with van der Waals surface area (Å²) < 4.78 is 0. The summed E-state index contributed by atoms with van der Waals surface area (Å²) in [6.45, 7) is 131. The fraction of sp³-hybridized carbons (Fsp3) is 0.351. The molecule has 0 saturated carbocycles. The molecule has 0 aromatic carbocycles. The van der Waals surface area contributed by atoms with Crippen LogP contribution >= 0.6 is 0 Å². The van der Waals surface area contributed by atoms with Gasteiger partial charge in [-0.05, 0) is 173 Å². The second-order valence-electron chi connectivity index (χ2n) is 10.7. The number of aliphatic hydroxyl groups excluding tert-OH is 2. The predicted octanol–water partition coefficient (Wildman–Crippen LogP) is 28.8. The van der Waals surface area contributed by atoms with Gasteiger partial charge in [0.25, 0.3) is 0 Å². The first-order valence-corrected chi connectivity index (χ1v) is 25.8. The van der Waals surface area contributed by atoms with Crippen LogP contribution in [0.15, 0.2) is 316 Å². The Morgan fingerprint density at radius 3 is 0.139 bits per heavy atom. The Morgan fingerprint density at radius 1 is 0.127 bits per heavy atom. The molecule has 0 radical (unpaired) electrons. The molecular formula is C77H156O2. The smallest absolute Gasteiger partial charge is 0.0662 e. The number of hydrogen-bond donors (Lipinski definition) is 2. The quantitative estimate of drug-likeness (QED) is 0.257. The third-order valence-electron chi connectivity index (χ3n) is 0.1000. The van der Waals surface area contributed by atoms with Gasteiger partial charge in [-0.1, -0.05) is 152 Å². The van der Waals surface area contributed by atoms with E-state index in [0.717, 1.165) is 0 Å². The van der Waals surface area contributed by atoms with Crippen molar-refractivity contribution in [2.45, 2.75) is 173 Å². The second kappa shape index (κ2) is 849. The third kappa shape index (κ3) is 11100. The molecule has 0 aliphatic heterocycles. The van der Waals surface area contributed by atoms with Crippen LogP contribution in [0.1, 0.15) is 173 Å². The van der Waals surface area contributed by atoms with Gasteiger partial charge in [-0.15, -0.1) is 164 Å². The van der Waals surface area contributed by atoms with E-state index in [9.17, 15) is 0 Å². The molecule has 2 nitrogen and oxygen atoms in total. The van der Waals surface area contributed by atoms with Crippen LogP contribution in [-0.4, -0.2) is 23.4 Å². The maximum Gasteiger partial charge on any atom is 0.0662 e. The Kier molecular flexibility index (Phi) is 1840. The zero-order chi connectivity index (χ0) is 71.1. The van der Waals surface area contributed by atoms with Gasteiger partial charge in [0.2, 0.25) is 0 Å². The summed E-state index contributed by atoms with van der Waals surface area (Å²) in [6.07, 6.45) is 43.8. The number of rotatable bonds is 1. The van der Waals surface area contributed by atoms with Crippen molar-refractivity contribution >= 4 is 0 Å². The Labute approximate surface area is 510 Å². The molecule has 0 rings (SSSR count). The molecule has 0 fully saturated rings. The van der Waals surface area contributed by atoms with Crippen LogP contribution in [0.4, 0.5) is 0 Å². The zero-order valence-electron chi connectivity index (χ0n) is 59.4. The standard InChI is InChI=1S/25C3H6.C2H6O2/c25*1-3-2;3-1-2-4/h25*3H,1H2,2H3;3-4H,1-2H2. The fourth-order valence-corrected chi connectivity index (χ4v) is 0. The van der Waals surface area contributed by atoms with Gasteiger partial charge in [-0.3, -0.25) is 0 Å². The summed E-state index contributed by atoms with van der Waals surface area (Å²) in [6, 6.07) is 0. The highest BCUT2D eigenvalue weighted by atomic mass is 16.3. The molecule has 0 aliphatic rings. The van der Waals surface area contributed by atoms with Gasteiger partial charge in [0.15, 0.2) is 0 Å². The minimum Gasteiger partial charge on any atom is -0.394 e. The van der Waals surface area contributed by atoms with Crippen molar-refractivity contribution < 1.29 is 10.2 Å². The summed E-state index contributed by atoms with van der Waals surface area (Å²) in [4.78, 5) is 0. The van der Waals surface area contributed by atoms with E-state index in [1.54, 1.807) is 152 Å². The molecule has 0 aromatic rings. The molecule has 476 valence electrons. The molecule has 0 aliphatic carbocycles. The number of allylic oxidation sites excluding steroid dienone is 25. The van der Waals surface area contributed by atoms with E-state index in [2.05, 4.69) is 164 Å². The van der Waals surface area contributed by atoms with E-state index in [4.69, 9.17) is 10.2 Å². The average molecular weight is 1110 g/mol. The summed E-state index contributed by atoms with van der Waals surface area (Å²) in [5, 5.41) is 15.2. The van der Waals surface area contributed by atoms with Gasteiger partial charge in [0.05, 0.1) is 13.2 Å². The SMILES string of the molecule is C=CC.C=CC.C=CC.C=CC.C=CC.C=CC.C=CC.C=CC.C=CC.C=CC.C=CC.C=CC.C=CC.C=CC.C=CC.C=CC.C=CC.C=CC.C=CC.C=CC.C=CC.C=CC.C=CC.C=CC.C=CC.OCCO. The summed E-state index contributed by atoms with van der Waals surface area (Å²) >= 11 is 0. The average Bonchev–Trinajstić information content (AvgIpc) is 3.33. The lowest BCUT2D eigenvalue weighted by Gasteiger charge is -1.70. The molecule has 0 spiro atoms. The summed E-state index contributed by atoms with van der Waals surface area (Å²) in [5.74, 6) is 0. The fourth-order valence-electron chi connectivity index (χ4n) is 0. The van der Waals surface area contributed by atoms with Crippen molar-refractivity contribution in [2.24, 2.45) is 0 Å². The molecule has 0 atom stereocenters. The number of hydrogen-bond acceptors (Lipinski definition) is 2. The molecule has 0 bridgehead atoms. The summed E-state index contributed by atoms with van der Waals surface area (Å²) in [5.41, 5.74) is 0. The third-order valence-corrected chi connectivity index (χ3v) is 0.1000. The van der Waals surface area contributed by atoms with Gasteiger partial charge in [-0.2, -0.15) is 0 Å². The van der Waals surface area contributed by atoms with Crippen molar-refractivity contribution in [3.8, 4) is 0 Å². The highest BCUT2D eigenvalue weighted by Crippen LogP contribution is 1.45. The van der Waals surface area contributed by atoms with Gasteiger partial charge in [-0.25, -0.2) is 0 Å². The molecular weight excluding hydrogens is 957 g/mol. The molecule has 79 heavy (non-hydrogen) atoms. The van der Waals surface area contributed by atoms with Crippen LogP contribution in [0.3, 0.4) is 0 Å². The van der Waals surface area contributed by atoms with Crippen molar-refractivity contribution in [3.05, 3.63) is 316 Å². The zero-order valence-corrected chi connectivity index (χ0v) is 59.4. The molecule has 0 saturated heterocycles. The number of aliphatic hydroxyl groups is 2. The van der Waals surface area contributed by atoms with E-state index in [1.165, 1.54) is 0 Å². The molecule has 0 aromatic heterocycles. The Balaban J connectivity index is -0.0000000154. The van der Waals surface area contributed by atoms with E-state index < -0.39 is 0 Å². The molecule has 0 amide bonds. The topological polar surface area (TPSA) is 40.5 Å². The lowest BCUT2D eigenvalue weighted by atomic mass is 10.8. The van der Waals surface area contributed by atoms with Crippen LogP contribution in [0.5, 0.6) is 0 Å². The van der Waals surface area contributed by atoms with Crippen molar-refractivity contribution in [1.82, 2.24) is 0 Å². The first kappa shape index (κ1) is 171. The minimum absolute atomic E-state index is 0.125. The van der Waals surface area contributed by atoms with Gasteiger partial charge < -0.3 is 10.2 Å². The normalized spacial score (nSPS) is 4.49. The molecule has 2 heteroatoms. The first-order chi connectivity index (χ1) is 37.3. The monoisotopic (exact) mass is 1110 g/mol. The maximum absolute atomic E-state index is 7.62. The maximum atomic E-state index is 7.62. The van der Waals surface area contributed by atoms with Crippen LogP contribution in [-0.2, 0) is 0 Å². The highest BCUT2D eigenvalue weighted by Gasteiger charge is 1.58. The van der Waals surface area contributed by atoms with Crippen molar-refractivity contribution in [3.63, 3.8) is 0 Å². The molecule has 0 heterocycles. The van der Waals surface area contributed by atoms with Crippen LogP contribution in [0.2, 0.25) is 0 Å². The lowest BCUT2D eigenvalue weighted by molar-refractivity contribution is 0.186. The van der Waals surface area contributed by atoms with Gasteiger partial charge >= 0.3 is 0 Å². The van der Waals surface area contributed by atoms with Crippen molar-refractivity contribution in [1.29, 1.82) is 0 Å². The molecule has 0 unspecified atom stereocenters. The molecule has 2 N–H and O–H groups in total. The van der Waals surface area contributed by atoms with Crippen LogP contribution in [0, 0.1) is 0 Å². The van der Waals surface area contributed by atoms with E-state index in [-0.39, 0.29) is 13.2 Å². The van der Waals surface area contributed by atoms with Gasteiger partial charge in [0, 0.05) is 0 Å². The Morgan fingerprint density at radius 2 is 0.139 bits per heavy atom. The highest BCUT2D eigenvalue weighted by molar-refractivity contribution is 4.58.